The quantitative estimate of drug-likeness (QED) is 0.894. The van der Waals surface area contributed by atoms with Crippen LogP contribution >= 0.6 is 22.9 Å². The van der Waals surface area contributed by atoms with Gasteiger partial charge in [0.1, 0.15) is 11.9 Å². The largest absolute Gasteiger partial charge is 0.484 e. The maximum Gasteiger partial charge on any atom is 0.135 e. The molecule has 0 saturated carbocycles. The van der Waals surface area contributed by atoms with Crippen molar-refractivity contribution in [1.82, 2.24) is 5.32 Å². The zero-order valence-electron chi connectivity index (χ0n) is 10.7. The second-order valence-electron chi connectivity index (χ2n) is 4.65. The van der Waals surface area contributed by atoms with Crippen molar-refractivity contribution in [3.05, 3.63) is 51.2 Å². The number of halogens is 1. The highest BCUT2D eigenvalue weighted by molar-refractivity contribution is 7.10. The van der Waals surface area contributed by atoms with E-state index in [1.54, 1.807) is 11.3 Å². The van der Waals surface area contributed by atoms with Gasteiger partial charge in [0.2, 0.25) is 0 Å². The van der Waals surface area contributed by atoms with Gasteiger partial charge in [0.25, 0.3) is 0 Å². The maximum absolute atomic E-state index is 6.12. The third kappa shape index (κ3) is 2.64. The van der Waals surface area contributed by atoms with Gasteiger partial charge >= 0.3 is 0 Å². The molecule has 2 aromatic rings. The molecule has 1 aromatic heterocycles. The fraction of sp³-hybridized carbons (Fsp3) is 0.333. The Morgan fingerprint density at radius 2 is 2.32 bits per heavy atom. The standard InChI is InChI=1S/C15H16ClNOS/c1-2-17-12-9-14(15-4-3-7-19-15)18-13-6-5-10(16)8-11(12)13/h3-8,12,14,17H,2,9H2,1H3. The molecule has 2 unspecified atom stereocenters. The van der Waals surface area contributed by atoms with Crippen LogP contribution < -0.4 is 10.1 Å². The van der Waals surface area contributed by atoms with Crippen LogP contribution in [0.25, 0.3) is 0 Å². The summed E-state index contributed by atoms with van der Waals surface area (Å²) < 4.78 is 6.12. The van der Waals surface area contributed by atoms with Crippen LogP contribution in [-0.4, -0.2) is 6.54 Å². The Morgan fingerprint density at radius 1 is 1.42 bits per heavy atom. The number of fused-ring (bicyclic) bond motifs is 1. The Bertz CT molecular complexity index is 555. The Balaban J connectivity index is 1.95. The SMILES string of the molecule is CCNC1CC(c2cccs2)Oc2ccc(Cl)cc21. The topological polar surface area (TPSA) is 21.3 Å². The highest BCUT2D eigenvalue weighted by Crippen LogP contribution is 2.42. The van der Waals surface area contributed by atoms with Crippen LogP contribution in [0.5, 0.6) is 5.75 Å². The van der Waals surface area contributed by atoms with Crippen LogP contribution in [-0.2, 0) is 0 Å². The molecule has 3 rings (SSSR count). The van der Waals surface area contributed by atoms with Crippen LogP contribution in [0.15, 0.2) is 35.7 Å². The molecule has 1 N–H and O–H groups in total. The molecule has 0 amide bonds. The van der Waals surface area contributed by atoms with E-state index in [0.29, 0.717) is 6.04 Å². The van der Waals surface area contributed by atoms with E-state index in [1.165, 1.54) is 10.4 Å². The number of nitrogens with one attached hydrogen (secondary N) is 1. The van der Waals surface area contributed by atoms with Crippen molar-refractivity contribution in [2.75, 3.05) is 6.54 Å². The van der Waals surface area contributed by atoms with E-state index in [1.807, 2.05) is 18.2 Å². The molecule has 1 aliphatic rings. The van der Waals surface area contributed by atoms with Crippen LogP contribution in [0.4, 0.5) is 0 Å². The van der Waals surface area contributed by atoms with Crippen molar-refractivity contribution < 1.29 is 4.74 Å². The molecule has 2 heterocycles. The van der Waals surface area contributed by atoms with Crippen LogP contribution in [0.2, 0.25) is 5.02 Å². The molecular formula is C15H16ClNOS. The molecule has 2 nitrogen and oxygen atoms in total. The van der Waals surface area contributed by atoms with Gasteiger partial charge in [0, 0.05) is 27.9 Å². The van der Waals surface area contributed by atoms with Gasteiger partial charge in [-0.3, -0.25) is 0 Å². The Hall–Kier alpha value is -1.03. The van der Waals surface area contributed by atoms with Gasteiger partial charge in [-0.15, -0.1) is 11.3 Å². The first kappa shape index (κ1) is 13.0. The lowest BCUT2D eigenvalue weighted by atomic mass is 9.95. The molecule has 0 spiro atoms. The zero-order chi connectivity index (χ0) is 13.2. The lowest BCUT2D eigenvalue weighted by molar-refractivity contribution is 0.155. The van der Waals surface area contributed by atoms with Crippen molar-refractivity contribution in [1.29, 1.82) is 0 Å². The summed E-state index contributed by atoms with van der Waals surface area (Å²) in [6.45, 7) is 3.06. The number of benzene rings is 1. The van der Waals surface area contributed by atoms with Crippen LogP contribution in [0.1, 0.15) is 35.9 Å². The van der Waals surface area contributed by atoms with Gasteiger partial charge in [-0.25, -0.2) is 0 Å². The van der Waals surface area contributed by atoms with Crippen molar-refractivity contribution in [3.63, 3.8) is 0 Å². The summed E-state index contributed by atoms with van der Waals surface area (Å²) in [5, 5.41) is 6.39. The molecule has 0 fully saturated rings. The lowest BCUT2D eigenvalue weighted by Gasteiger charge is -2.32. The van der Waals surface area contributed by atoms with E-state index in [0.717, 1.165) is 23.7 Å². The highest BCUT2D eigenvalue weighted by atomic mass is 35.5. The Kier molecular flexibility index (Phi) is 3.78. The average Bonchev–Trinajstić information content (AvgIpc) is 2.93. The number of ether oxygens (including phenoxy) is 1. The summed E-state index contributed by atoms with van der Waals surface area (Å²) in [6.07, 6.45) is 1.08. The lowest BCUT2D eigenvalue weighted by Crippen LogP contribution is -2.28. The van der Waals surface area contributed by atoms with Gasteiger partial charge in [-0.05, 0) is 36.2 Å². The summed E-state index contributed by atoms with van der Waals surface area (Å²) >= 11 is 7.85. The minimum Gasteiger partial charge on any atom is -0.484 e. The van der Waals surface area contributed by atoms with Crippen LogP contribution in [0, 0.1) is 0 Å². The number of hydrogen-bond acceptors (Lipinski definition) is 3. The van der Waals surface area contributed by atoms with Gasteiger partial charge in [-0.1, -0.05) is 24.6 Å². The number of thiophene rings is 1. The third-order valence-electron chi connectivity index (χ3n) is 3.38. The third-order valence-corrected chi connectivity index (χ3v) is 4.58. The van der Waals surface area contributed by atoms with E-state index >= 15 is 0 Å². The summed E-state index contributed by atoms with van der Waals surface area (Å²) in [6, 6.07) is 10.4. The molecule has 0 aliphatic carbocycles. The van der Waals surface area contributed by atoms with Gasteiger partial charge in [0.05, 0.1) is 0 Å². The Labute approximate surface area is 122 Å². The average molecular weight is 294 g/mol. The van der Waals surface area contributed by atoms with Crippen molar-refractivity contribution >= 4 is 22.9 Å². The molecule has 100 valence electrons. The first-order valence-corrected chi connectivity index (χ1v) is 7.76. The minimum atomic E-state index is 0.137. The van der Waals surface area contributed by atoms with E-state index in [9.17, 15) is 0 Å². The van der Waals surface area contributed by atoms with Crippen molar-refractivity contribution in [2.24, 2.45) is 0 Å². The summed E-state index contributed by atoms with van der Waals surface area (Å²) in [4.78, 5) is 1.28. The van der Waals surface area contributed by atoms with Crippen molar-refractivity contribution in [3.8, 4) is 5.75 Å². The first-order valence-electron chi connectivity index (χ1n) is 6.51. The predicted octanol–water partition coefficient (Wildman–Crippen LogP) is 4.58. The summed E-state index contributed by atoms with van der Waals surface area (Å²) in [7, 11) is 0. The van der Waals surface area contributed by atoms with Crippen LogP contribution in [0.3, 0.4) is 0 Å². The minimum absolute atomic E-state index is 0.137. The maximum atomic E-state index is 6.12. The molecule has 0 saturated heterocycles. The smallest absolute Gasteiger partial charge is 0.135 e. The fourth-order valence-electron chi connectivity index (χ4n) is 2.53. The van der Waals surface area contributed by atoms with E-state index in [4.69, 9.17) is 16.3 Å². The van der Waals surface area contributed by atoms with E-state index in [2.05, 4.69) is 29.8 Å². The fourth-order valence-corrected chi connectivity index (χ4v) is 3.48. The van der Waals surface area contributed by atoms with Gasteiger partial charge in [-0.2, -0.15) is 0 Å². The van der Waals surface area contributed by atoms with E-state index < -0.39 is 0 Å². The molecular weight excluding hydrogens is 278 g/mol. The second kappa shape index (κ2) is 5.53. The van der Waals surface area contributed by atoms with Crippen molar-refractivity contribution in [2.45, 2.75) is 25.5 Å². The van der Waals surface area contributed by atoms with Gasteiger partial charge < -0.3 is 10.1 Å². The number of rotatable bonds is 3. The first-order chi connectivity index (χ1) is 9.28. The molecule has 2 atom stereocenters. The number of hydrogen-bond donors (Lipinski definition) is 1. The molecule has 0 radical (unpaired) electrons. The zero-order valence-corrected chi connectivity index (χ0v) is 12.3. The monoisotopic (exact) mass is 293 g/mol. The second-order valence-corrected chi connectivity index (χ2v) is 6.07. The van der Waals surface area contributed by atoms with Gasteiger partial charge in [0.15, 0.2) is 0 Å². The summed E-state index contributed by atoms with van der Waals surface area (Å²) in [5.41, 5.74) is 1.17. The molecule has 1 aromatic carbocycles. The molecule has 19 heavy (non-hydrogen) atoms. The molecule has 0 bridgehead atoms. The van der Waals surface area contributed by atoms with E-state index in [-0.39, 0.29) is 6.10 Å². The molecule has 1 aliphatic heterocycles. The Morgan fingerprint density at radius 3 is 3.05 bits per heavy atom. The normalized spacial score (nSPS) is 21.8. The predicted molar refractivity (Wildman–Crippen MR) is 80.2 cm³/mol. The highest BCUT2D eigenvalue weighted by Gasteiger charge is 2.29. The molecule has 4 heteroatoms. The summed E-state index contributed by atoms with van der Waals surface area (Å²) in [5.74, 6) is 0.944.